The van der Waals surface area contributed by atoms with Crippen molar-refractivity contribution in [1.82, 2.24) is 0 Å². The molecule has 0 saturated carbocycles. The maximum absolute atomic E-state index is 11.9. The minimum atomic E-state index is -1.23. The first-order valence-corrected chi connectivity index (χ1v) is 11.5. The number of carbonyl (C=O) groups excluding carboxylic acids is 2. The van der Waals surface area contributed by atoms with Crippen molar-refractivity contribution in [3.63, 3.8) is 0 Å². The summed E-state index contributed by atoms with van der Waals surface area (Å²) < 4.78 is 28.1. The average Bonchev–Trinajstić information content (AvgIpc) is 2.70. The van der Waals surface area contributed by atoms with Crippen molar-refractivity contribution in [2.45, 2.75) is 82.5 Å². The van der Waals surface area contributed by atoms with Gasteiger partial charge in [-0.2, -0.15) is 0 Å². The molecule has 1 saturated heterocycles. The zero-order valence-electron chi connectivity index (χ0n) is 18.6. The number of aliphatic hydroxyl groups excluding tert-OH is 2. The summed E-state index contributed by atoms with van der Waals surface area (Å²) >= 11 is 3.41. The van der Waals surface area contributed by atoms with Crippen molar-refractivity contribution in [2.75, 3.05) is 6.61 Å². The van der Waals surface area contributed by atoms with Crippen LogP contribution in [0.4, 0.5) is 0 Å². The van der Waals surface area contributed by atoms with E-state index in [1.165, 1.54) is 27.7 Å². The van der Waals surface area contributed by atoms with Crippen LogP contribution < -0.4 is 0 Å². The predicted octanol–water partition coefficient (Wildman–Crippen LogP) is 1.83. The highest BCUT2D eigenvalue weighted by Gasteiger charge is 2.51. The monoisotopic (exact) mass is 518 g/mol. The van der Waals surface area contributed by atoms with Crippen LogP contribution in [0, 0.1) is 0 Å². The van der Waals surface area contributed by atoms with Crippen LogP contribution in [0.15, 0.2) is 24.3 Å². The van der Waals surface area contributed by atoms with E-state index in [0.717, 1.165) is 16.5 Å². The number of hydrogen-bond acceptors (Lipinski definition) is 9. The molecule has 1 aromatic carbocycles. The lowest BCUT2D eigenvalue weighted by Crippen LogP contribution is -2.63. The zero-order valence-corrected chi connectivity index (χ0v) is 20.2. The molecule has 0 amide bonds. The van der Waals surface area contributed by atoms with Gasteiger partial charge in [0.15, 0.2) is 24.8 Å². The topological polar surface area (TPSA) is 121 Å². The Morgan fingerprint density at radius 1 is 0.938 bits per heavy atom. The third-order valence-electron chi connectivity index (χ3n) is 4.80. The molecule has 2 rings (SSSR count). The third-order valence-corrected chi connectivity index (χ3v) is 5.45. The van der Waals surface area contributed by atoms with E-state index in [2.05, 4.69) is 15.9 Å². The molecule has 0 bridgehead atoms. The van der Waals surface area contributed by atoms with Crippen LogP contribution in [0.2, 0.25) is 0 Å². The number of esters is 2. The quantitative estimate of drug-likeness (QED) is 0.271. The van der Waals surface area contributed by atoms with Gasteiger partial charge in [-0.1, -0.05) is 40.2 Å². The van der Waals surface area contributed by atoms with Crippen LogP contribution in [0.3, 0.4) is 0 Å². The fourth-order valence-electron chi connectivity index (χ4n) is 3.57. The summed E-state index contributed by atoms with van der Waals surface area (Å²) in [5.74, 6) is -1.18. The smallest absolute Gasteiger partial charge is 0.303 e. The molecule has 0 spiro atoms. The molecule has 9 nitrogen and oxygen atoms in total. The van der Waals surface area contributed by atoms with Crippen LogP contribution in [0.25, 0.3) is 0 Å². The summed E-state index contributed by atoms with van der Waals surface area (Å²) in [5, 5.41) is 20.2. The van der Waals surface area contributed by atoms with Crippen molar-refractivity contribution in [3.8, 4) is 0 Å². The molecule has 10 heteroatoms. The molecule has 1 aliphatic rings. The molecule has 2 N–H and O–H groups in total. The summed E-state index contributed by atoms with van der Waals surface area (Å²) in [6.07, 6.45) is -6.50. The summed E-state index contributed by atoms with van der Waals surface area (Å²) in [6, 6.07) is 7.81. The molecule has 1 aliphatic heterocycles. The molecule has 0 aromatic heterocycles. The van der Waals surface area contributed by atoms with Crippen LogP contribution in [-0.4, -0.2) is 71.9 Å². The molecule has 2 unspecified atom stereocenters. The van der Waals surface area contributed by atoms with Gasteiger partial charge in [0.25, 0.3) is 0 Å². The Kier molecular flexibility index (Phi) is 10.5. The number of hydrogen-bond donors (Lipinski definition) is 2. The van der Waals surface area contributed by atoms with E-state index in [-0.39, 0.29) is 6.61 Å². The molecular weight excluding hydrogens is 488 g/mol. The van der Waals surface area contributed by atoms with E-state index >= 15 is 0 Å². The van der Waals surface area contributed by atoms with E-state index < -0.39 is 55.0 Å². The van der Waals surface area contributed by atoms with Crippen molar-refractivity contribution in [3.05, 3.63) is 35.4 Å². The Morgan fingerprint density at radius 2 is 1.47 bits per heavy atom. The molecule has 0 aliphatic carbocycles. The van der Waals surface area contributed by atoms with Gasteiger partial charge in [0.1, 0.15) is 18.3 Å². The lowest BCUT2D eigenvalue weighted by molar-refractivity contribution is -0.283. The Balaban J connectivity index is 2.40. The minimum Gasteiger partial charge on any atom is -0.457 e. The Bertz CT molecular complexity index is 737. The van der Waals surface area contributed by atoms with Crippen molar-refractivity contribution >= 4 is 27.9 Å². The van der Waals surface area contributed by atoms with Gasteiger partial charge in [-0.05, 0) is 25.0 Å². The Morgan fingerprint density at radius 3 is 1.94 bits per heavy atom. The van der Waals surface area contributed by atoms with Crippen LogP contribution >= 0.6 is 15.9 Å². The maximum Gasteiger partial charge on any atom is 0.303 e. The van der Waals surface area contributed by atoms with E-state index in [1.807, 2.05) is 24.3 Å². The fourth-order valence-corrected chi connectivity index (χ4v) is 3.94. The largest absolute Gasteiger partial charge is 0.457 e. The number of ether oxygens (including phenoxy) is 5. The molecule has 32 heavy (non-hydrogen) atoms. The number of carbonyl (C=O) groups is 2. The van der Waals surface area contributed by atoms with Gasteiger partial charge in [0.2, 0.25) is 0 Å². The number of halogens is 1. The van der Waals surface area contributed by atoms with Gasteiger partial charge in [-0.3, -0.25) is 9.59 Å². The molecule has 180 valence electrons. The molecule has 7 atom stereocenters. The van der Waals surface area contributed by atoms with E-state index in [9.17, 15) is 19.8 Å². The van der Waals surface area contributed by atoms with Gasteiger partial charge in [-0.25, -0.2) is 0 Å². The first kappa shape index (κ1) is 26.7. The van der Waals surface area contributed by atoms with Gasteiger partial charge in [-0.15, -0.1) is 0 Å². The number of rotatable bonds is 10. The highest BCUT2D eigenvalue weighted by atomic mass is 79.9. The van der Waals surface area contributed by atoms with Gasteiger partial charge in [0, 0.05) is 25.6 Å². The summed E-state index contributed by atoms with van der Waals surface area (Å²) in [7, 11) is 0. The second-order valence-corrected chi connectivity index (χ2v) is 8.21. The first-order chi connectivity index (χ1) is 15.1. The highest BCUT2D eigenvalue weighted by molar-refractivity contribution is 9.08. The van der Waals surface area contributed by atoms with Gasteiger partial charge < -0.3 is 33.9 Å². The second-order valence-electron chi connectivity index (χ2n) is 7.65. The van der Waals surface area contributed by atoms with Crippen LogP contribution in [-0.2, 0) is 45.0 Å². The summed E-state index contributed by atoms with van der Waals surface area (Å²) in [4.78, 5) is 23.7. The highest BCUT2D eigenvalue weighted by Crippen LogP contribution is 2.31. The summed E-state index contributed by atoms with van der Waals surface area (Å²) in [6.45, 7) is 5.22. The first-order valence-electron chi connectivity index (χ1n) is 10.4. The number of alkyl halides is 1. The lowest BCUT2D eigenvalue weighted by atomic mass is 9.90. The minimum absolute atomic E-state index is 0.110. The SMILES string of the molecule is CC(=O)O[C@@H]1[C@@H](OC(C)O)[C@H](OC(C)=O)[C@@H](COC(C)O)O[C@H]1Cc1ccc(CBr)cc1. The van der Waals surface area contributed by atoms with Crippen molar-refractivity contribution < 1.29 is 43.5 Å². The zero-order chi connectivity index (χ0) is 23.8. The van der Waals surface area contributed by atoms with Crippen LogP contribution in [0.5, 0.6) is 0 Å². The van der Waals surface area contributed by atoms with E-state index in [0.29, 0.717) is 6.42 Å². The maximum atomic E-state index is 11.9. The molecule has 1 fully saturated rings. The Hall–Kier alpha value is -1.56. The van der Waals surface area contributed by atoms with Crippen molar-refractivity contribution in [2.24, 2.45) is 0 Å². The fraction of sp³-hybridized carbons (Fsp3) is 0.636. The van der Waals surface area contributed by atoms with Gasteiger partial charge in [0.05, 0.1) is 6.61 Å². The van der Waals surface area contributed by atoms with Gasteiger partial charge >= 0.3 is 11.9 Å². The van der Waals surface area contributed by atoms with Crippen molar-refractivity contribution in [1.29, 1.82) is 0 Å². The van der Waals surface area contributed by atoms with E-state index in [4.69, 9.17) is 23.7 Å². The number of aliphatic hydroxyl groups is 2. The molecular formula is C22H31BrO9. The van der Waals surface area contributed by atoms with Crippen LogP contribution in [0.1, 0.15) is 38.8 Å². The van der Waals surface area contributed by atoms with E-state index in [1.54, 1.807) is 0 Å². The standard InChI is InChI=1S/C22H31BrO9/c1-12(24)28-11-19-21(30-14(3)26)22(31-15(4)27)20(29-13(2)25)18(32-19)9-16-5-7-17(10-23)8-6-16/h5-8,12,15,18-22,24,27H,9-11H2,1-4H3/t12?,15?,18-,19+,20-,21+,22+/m0/s1. The summed E-state index contributed by atoms with van der Waals surface area (Å²) in [5.41, 5.74) is 2.03. The second kappa shape index (κ2) is 12.6. The normalized spacial score (nSPS) is 27.4. The number of benzene rings is 1. The lowest BCUT2D eigenvalue weighted by Gasteiger charge is -2.45. The average molecular weight is 519 g/mol. The predicted molar refractivity (Wildman–Crippen MR) is 117 cm³/mol. The molecule has 1 heterocycles. The molecule has 1 aromatic rings. The Labute approximate surface area is 196 Å². The molecule has 0 radical (unpaired) electrons. The third kappa shape index (κ3) is 8.09.